The third-order valence-electron chi connectivity index (χ3n) is 5.21. The highest BCUT2D eigenvalue weighted by Gasteiger charge is 2.55. The summed E-state index contributed by atoms with van der Waals surface area (Å²) in [5.74, 6) is -4.63. The summed E-state index contributed by atoms with van der Waals surface area (Å²) < 4.78 is 49.1. The summed E-state index contributed by atoms with van der Waals surface area (Å²) in [7, 11) is 0. The standard InChI is InChI=1S/C23H32O15/c1-9-17(33-11(3)25)19(35-13(5)27)21(36-14(6)28)23(31-9)38-20-18(34-12(4)26)16(32-10(2)24)8-30-22(20)37-15(7)29/h9,16-23H,8H2,1-7H3. The van der Waals surface area contributed by atoms with Crippen molar-refractivity contribution in [3.05, 3.63) is 0 Å². The Morgan fingerprint density at radius 1 is 0.526 bits per heavy atom. The van der Waals surface area contributed by atoms with E-state index in [0.717, 1.165) is 41.5 Å². The molecule has 2 aliphatic heterocycles. The summed E-state index contributed by atoms with van der Waals surface area (Å²) in [5, 5.41) is 0. The normalized spacial score (nSPS) is 32.8. The maximum atomic E-state index is 12.0. The molecule has 0 aliphatic carbocycles. The number of hydrogen-bond acceptors (Lipinski definition) is 15. The van der Waals surface area contributed by atoms with Gasteiger partial charge in [0.15, 0.2) is 42.9 Å². The second-order valence-electron chi connectivity index (χ2n) is 8.57. The average molecular weight is 548 g/mol. The highest BCUT2D eigenvalue weighted by Crippen LogP contribution is 2.33. The van der Waals surface area contributed by atoms with Gasteiger partial charge in [0.05, 0.1) is 12.7 Å². The first-order chi connectivity index (χ1) is 17.7. The largest absolute Gasteiger partial charge is 0.456 e. The first kappa shape index (κ1) is 30.9. The lowest BCUT2D eigenvalue weighted by Crippen LogP contribution is -2.64. The number of esters is 6. The Morgan fingerprint density at radius 3 is 1.47 bits per heavy atom. The number of carbonyl (C=O) groups is 6. The van der Waals surface area contributed by atoms with E-state index in [0.29, 0.717) is 0 Å². The summed E-state index contributed by atoms with van der Waals surface area (Å²) in [6, 6.07) is 0. The van der Waals surface area contributed by atoms with Gasteiger partial charge in [-0.3, -0.25) is 28.8 Å². The first-order valence-electron chi connectivity index (χ1n) is 11.6. The van der Waals surface area contributed by atoms with Crippen molar-refractivity contribution >= 4 is 35.8 Å². The van der Waals surface area contributed by atoms with E-state index in [-0.39, 0.29) is 6.61 Å². The maximum Gasteiger partial charge on any atom is 0.305 e. The monoisotopic (exact) mass is 548 g/mol. The van der Waals surface area contributed by atoms with Crippen LogP contribution in [-0.2, 0) is 71.4 Å². The number of ether oxygens (including phenoxy) is 9. The molecule has 0 radical (unpaired) electrons. The minimum Gasteiger partial charge on any atom is -0.456 e. The lowest BCUT2D eigenvalue weighted by atomic mass is 9.98. The SMILES string of the molecule is CC(=O)OC1COC(OC(C)=O)C(OC2OC(C)C(OC(C)=O)C(OC(C)=O)C2OC(C)=O)C1OC(C)=O. The number of hydrogen-bond donors (Lipinski definition) is 0. The Hall–Kier alpha value is -3.30. The van der Waals surface area contributed by atoms with Crippen LogP contribution in [-0.4, -0.2) is 97.7 Å². The predicted molar refractivity (Wildman–Crippen MR) is 118 cm³/mol. The average Bonchev–Trinajstić information content (AvgIpc) is 2.75. The molecular weight excluding hydrogens is 516 g/mol. The minimum atomic E-state index is -1.56. The molecule has 214 valence electrons. The third kappa shape index (κ3) is 8.63. The van der Waals surface area contributed by atoms with E-state index in [2.05, 4.69) is 0 Å². The molecule has 0 saturated carbocycles. The van der Waals surface area contributed by atoms with Gasteiger partial charge in [-0.1, -0.05) is 0 Å². The van der Waals surface area contributed by atoms with Gasteiger partial charge in [0.25, 0.3) is 0 Å². The van der Waals surface area contributed by atoms with Crippen LogP contribution in [0.3, 0.4) is 0 Å². The highest BCUT2D eigenvalue weighted by molar-refractivity contribution is 5.69. The van der Waals surface area contributed by atoms with Gasteiger partial charge >= 0.3 is 35.8 Å². The van der Waals surface area contributed by atoms with E-state index in [1.54, 1.807) is 0 Å². The summed E-state index contributed by atoms with van der Waals surface area (Å²) >= 11 is 0. The fourth-order valence-electron chi connectivity index (χ4n) is 4.04. The Labute approximate surface area is 218 Å². The van der Waals surface area contributed by atoms with Crippen LogP contribution >= 0.6 is 0 Å². The first-order valence-corrected chi connectivity index (χ1v) is 11.6. The number of carbonyl (C=O) groups excluding carboxylic acids is 6. The van der Waals surface area contributed by atoms with E-state index in [9.17, 15) is 28.8 Å². The molecule has 15 nitrogen and oxygen atoms in total. The molecule has 9 unspecified atom stereocenters. The molecule has 0 amide bonds. The van der Waals surface area contributed by atoms with Crippen molar-refractivity contribution in [2.45, 2.75) is 104 Å². The molecule has 0 aromatic carbocycles. The third-order valence-corrected chi connectivity index (χ3v) is 5.21. The summed E-state index contributed by atoms with van der Waals surface area (Å²) in [4.78, 5) is 71.0. The molecule has 2 heterocycles. The fraction of sp³-hybridized carbons (Fsp3) is 0.739. The maximum absolute atomic E-state index is 12.0. The molecule has 2 fully saturated rings. The summed E-state index contributed by atoms with van der Waals surface area (Å²) in [5.41, 5.74) is 0. The van der Waals surface area contributed by atoms with Gasteiger partial charge < -0.3 is 42.6 Å². The lowest BCUT2D eigenvalue weighted by Gasteiger charge is -2.46. The van der Waals surface area contributed by atoms with Crippen molar-refractivity contribution in [2.24, 2.45) is 0 Å². The van der Waals surface area contributed by atoms with Gasteiger partial charge in [-0.25, -0.2) is 0 Å². The second-order valence-corrected chi connectivity index (χ2v) is 8.57. The van der Waals surface area contributed by atoms with Crippen LogP contribution in [0.5, 0.6) is 0 Å². The van der Waals surface area contributed by atoms with E-state index in [4.69, 9.17) is 42.6 Å². The van der Waals surface area contributed by atoms with Crippen LogP contribution in [0, 0.1) is 0 Å². The molecule has 0 aromatic heterocycles. The molecule has 38 heavy (non-hydrogen) atoms. The van der Waals surface area contributed by atoms with Crippen molar-refractivity contribution < 1.29 is 71.4 Å². The molecule has 0 aromatic rings. The topological polar surface area (TPSA) is 185 Å². The molecule has 15 heteroatoms. The van der Waals surface area contributed by atoms with Gasteiger partial charge in [-0.15, -0.1) is 0 Å². The minimum absolute atomic E-state index is 0.324. The molecule has 0 spiro atoms. The molecule has 0 N–H and O–H groups in total. The zero-order valence-electron chi connectivity index (χ0n) is 22.0. The van der Waals surface area contributed by atoms with Crippen molar-refractivity contribution in [3.8, 4) is 0 Å². The Kier molecular flexibility index (Phi) is 11.0. The Bertz CT molecular complexity index is 916. The lowest BCUT2D eigenvalue weighted by molar-refractivity contribution is -0.351. The van der Waals surface area contributed by atoms with Gasteiger partial charge in [0.1, 0.15) is 0 Å². The quantitative estimate of drug-likeness (QED) is 0.284. The van der Waals surface area contributed by atoms with Gasteiger partial charge in [-0.2, -0.15) is 0 Å². The van der Waals surface area contributed by atoms with Crippen molar-refractivity contribution in [3.63, 3.8) is 0 Å². The molecule has 0 bridgehead atoms. The Morgan fingerprint density at radius 2 is 0.974 bits per heavy atom. The van der Waals surface area contributed by atoms with Crippen LogP contribution in [0.2, 0.25) is 0 Å². The molecule has 2 rings (SSSR count). The number of rotatable bonds is 8. The smallest absolute Gasteiger partial charge is 0.305 e. The van der Waals surface area contributed by atoms with Gasteiger partial charge in [-0.05, 0) is 6.92 Å². The molecule has 2 aliphatic rings. The van der Waals surface area contributed by atoms with Crippen LogP contribution in [0.1, 0.15) is 48.5 Å². The van der Waals surface area contributed by atoms with E-state index < -0.39 is 91.1 Å². The second kappa shape index (κ2) is 13.5. The van der Waals surface area contributed by atoms with E-state index in [1.165, 1.54) is 6.92 Å². The zero-order chi connectivity index (χ0) is 28.7. The fourth-order valence-corrected chi connectivity index (χ4v) is 4.04. The predicted octanol–water partition coefficient (Wildman–Crippen LogP) is -0.306. The highest BCUT2D eigenvalue weighted by atomic mass is 16.8. The van der Waals surface area contributed by atoms with Crippen LogP contribution < -0.4 is 0 Å². The molecular formula is C23H32O15. The van der Waals surface area contributed by atoms with Crippen molar-refractivity contribution in [2.75, 3.05) is 6.61 Å². The zero-order valence-corrected chi connectivity index (χ0v) is 22.0. The van der Waals surface area contributed by atoms with Crippen molar-refractivity contribution in [1.82, 2.24) is 0 Å². The van der Waals surface area contributed by atoms with Crippen LogP contribution in [0.4, 0.5) is 0 Å². The van der Waals surface area contributed by atoms with Crippen LogP contribution in [0.15, 0.2) is 0 Å². The van der Waals surface area contributed by atoms with Crippen LogP contribution in [0.25, 0.3) is 0 Å². The molecule has 2 saturated heterocycles. The summed E-state index contributed by atoms with van der Waals surface area (Å²) in [6.07, 6.45) is -12.2. The van der Waals surface area contributed by atoms with Gasteiger partial charge in [0.2, 0.25) is 6.29 Å². The summed E-state index contributed by atoms with van der Waals surface area (Å²) in [6.45, 7) is 7.78. The van der Waals surface area contributed by atoms with E-state index >= 15 is 0 Å². The Balaban J connectivity index is 2.52. The van der Waals surface area contributed by atoms with E-state index in [1.807, 2.05) is 0 Å². The molecule has 9 atom stereocenters. The van der Waals surface area contributed by atoms with Gasteiger partial charge in [0, 0.05) is 41.5 Å². The van der Waals surface area contributed by atoms with Crippen molar-refractivity contribution in [1.29, 1.82) is 0 Å².